The molecule has 0 saturated heterocycles. The monoisotopic (exact) mass is 308 g/mol. The number of nitrogens with zero attached hydrogens (tertiary/aromatic N) is 1. The summed E-state index contributed by atoms with van der Waals surface area (Å²) in [5.41, 5.74) is 3.79. The van der Waals surface area contributed by atoms with Crippen LogP contribution in [-0.2, 0) is 6.54 Å². The maximum atomic E-state index is 12.1. The number of hydrogen-bond donors (Lipinski definition) is 1. The van der Waals surface area contributed by atoms with E-state index in [0.717, 1.165) is 16.1 Å². The summed E-state index contributed by atoms with van der Waals surface area (Å²) in [6.07, 6.45) is 0. The molecule has 0 aliphatic heterocycles. The van der Waals surface area contributed by atoms with Gasteiger partial charge in [-0.1, -0.05) is 60.2 Å². The first kappa shape index (κ1) is 14.5. The number of nitrogens with one attached hydrogen (secondary N) is 1. The van der Waals surface area contributed by atoms with Crippen LogP contribution in [-0.4, -0.2) is 10.9 Å². The third-order valence-corrected chi connectivity index (χ3v) is 4.22. The molecule has 3 nitrogen and oxygen atoms in total. The molecule has 0 fully saturated rings. The standard InChI is InChI=1S/C18H16N2OS/c1-13-7-9-15(10-8-13)18-20-16(12-22-18)17(21)19-11-14-5-3-2-4-6-14/h2-10,12H,11H2,1H3,(H,19,21). The van der Waals surface area contributed by atoms with E-state index < -0.39 is 0 Å². The molecule has 4 heteroatoms. The van der Waals surface area contributed by atoms with Gasteiger partial charge in [0.15, 0.2) is 0 Å². The zero-order chi connectivity index (χ0) is 15.4. The molecule has 1 heterocycles. The lowest BCUT2D eigenvalue weighted by Gasteiger charge is -2.03. The van der Waals surface area contributed by atoms with Gasteiger partial charge in [-0.2, -0.15) is 0 Å². The van der Waals surface area contributed by atoms with Gasteiger partial charge >= 0.3 is 0 Å². The Bertz CT molecular complexity index is 763. The summed E-state index contributed by atoms with van der Waals surface area (Å²) in [5, 5.41) is 5.56. The maximum Gasteiger partial charge on any atom is 0.271 e. The number of hydrogen-bond acceptors (Lipinski definition) is 3. The minimum atomic E-state index is -0.140. The summed E-state index contributed by atoms with van der Waals surface area (Å²) < 4.78 is 0. The van der Waals surface area contributed by atoms with Crippen LogP contribution in [0.25, 0.3) is 10.6 Å². The first-order valence-corrected chi connectivity index (χ1v) is 7.95. The van der Waals surface area contributed by atoms with Gasteiger partial charge in [-0.3, -0.25) is 4.79 Å². The van der Waals surface area contributed by atoms with Gasteiger partial charge in [-0.05, 0) is 12.5 Å². The third kappa shape index (κ3) is 3.40. The van der Waals surface area contributed by atoms with Crippen LogP contribution in [0.1, 0.15) is 21.6 Å². The molecule has 0 radical (unpaired) electrons. The second kappa shape index (κ2) is 6.54. The fraction of sp³-hybridized carbons (Fsp3) is 0.111. The zero-order valence-electron chi connectivity index (χ0n) is 12.2. The molecule has 110 valence electrons. The molecule has 2 aromatic carbocycles. The molecule has 1 N–H and O–H groups in total. The molecule has 0 saturated carbocycles. The topological polar surface area (TPSA) is 42.0 Å². The van der Waals surface area contributed by atoms with Crippen LogP contribution in [0.15, 0.2) is 60.0 Å². The first-order chi connectivity index (χ1) is 10.7. The van der Waals surface area contributed by atoms with Gasteiger partial charge in [0.1, 0.15) is 10.7 Å². The number of benzene rings is 2. The van der Waals surface area contributed by atoms with E-state index in [2.05, 4.69) is 10.3 Å². The van der Waals surface area contributed by atoms with E-state index in [-0.39, 0.29) is 5.91 Å². The minimum Gasteiger partial charge on any atom is -0.347 e. The van der Waals surface area contributed by atoms with Crippen LogP contribution in [0.3, 0.4) is 0 Å². The zero-order valence-corrected chi connectivity index (χ0v) is 13.1. The molecular formula is C18H16N2OS. The lowest BCUT2D eigenvalue weighted by Crippen LogP contribution is -2.23. The summed E-state index contributed by atoms with van der Waals surface area (Å²) in [6.45, 7) is 2.56. The summed E-state index contributed by atoms with van der Waals surface area (Å²) in [5.74, 6) is -0.140. The highest BCUT2D eigenvalue weighted by atomic mass is 32.1. The van der Waals surface area contributed by atoms with Crippen molar-refractivity contribution < 1.29 is 4.79 Å². The first-order valence-electron chi connectivity index (χ1n) is 7.07. The fourth-order valence-corrected chi connectivity index (χ4v) is 2.88. The number of aryl methyl sites for hydroxylation is 1. The Morgan fingerprint density at radius 1 is 1.09 bits per heavy atom. The molecule has 0 atom stereocenters. The van der Waals surface area contributed by atoms with Crippen LogP contribution in [0, 0.1) is 6.92 Å². The molecular weight excluding hydrogens is 292 g/mol. The van der Waals surface area contributed by atoms with Gasteiger partial charge in [0.25, 0.3) is 5.91 Å². The Morgan fingerprint density at radius 3 is 2.55 bits per heavy atom. The molecule has 1 aromatic heterocycles. The van der Waals surface area contributed by atoms with Crippen LogP contribution in [0.2, 0.25) is 0 Å². The normalized spacial score (nSPS) is 10.4. The molecule has 1 amide bonds. The van der Waals surface area contributed by atoms with Gasteiger partial charge < -0.3 is 5.32 Å². The van der Waals surface area contributed by atoms with Gasteiger partial charge in [-0.25, -0.2) is 4.98 Å². The summed E-state index contributed by atoms with van der Waals surface area (Å²) in [4.78, 5) is 16.6. The summed E-state index contributed by atoms with van der Waals surface area (Å²) >= 11 is 1.49. The molecule has 0 aliphatic carbocycles. The van der Waals surface area contributed by atoms with E-state index >= 15 is 0 Å². The van der Waals surface area contributed by atoms with Crippen LogP contribution in [0.4, 0.5) is 0 Å². The Balaban J connectivity index is 1.68. The van der Waals surface area contributed by atoms with Crippen molar-refractivity contribution in [2.75, 3.05) is 0 Å². The van der Waals surface area contributed by atoms with E-state index in [1.807, 2.05) is 61.5 Å². The van der Waals surface area contributed by atoms with Crippen molar-refractivity contribution in [1.29, 1.82) is 0 Å². The van der Waals surface area contributed by atoms with Crippen molar-refractivity contribution in [3.05, 3.63) is 76.8 Å². The lowest BCUT2D eigenvalue weighted by molar-refractivity contribution is 0.0946. The summed E-state index contributed by atoms with van der Waals surface area (Å²) in [6, 6.07) is 18.0. The number of carbonyl (C=O) groups is 1. The van der Waals surface area contributed by atoms with Crippen molar-refractivity contribution in [3.8, 4) is 10.6 Å². The van der Waals surface area contributed by atoms with Crippen molar-refractivity contribution in [1.82, 2.24) is 10.3 Å². The fourth-order valence-electron chi connectivity index (χ4n) is 2.08. The Labute approximate surface area is 133 Å². The van der Waals surface area contributed by atoms with Crippen LogP contribution >= 0.6 is 11.3 Å². The smallest absolute Gasteiger partial charge is 0.271 e. The van der Waals surface area contributed by atoms with Crippen molar-refractivity contribution in [2.24, 2.45) is 0 Å². The number of amides is 1. The highest BCUT2D eigenvalue weighted by Crippen LogP contribution is 2.23. The highest BCUT2D eigenvalue weighted by Gasteiger charge is 2.11. The van der Waals surface area contributed by atoms with E-state index in [0.29, 0.717) is 12.2 Å². The predicted octanol–water partition coefficient (Wildman–Crippen LogP) is 4.05. The quantitative estimate of drug-likeness (QED) is 0.790. The maximum absolute atomic E-state index is 12.1. The Morgan fingerprint density at radius 2 is 1.82 bits per heavy atom. The average molecular weight is 308 g/mol. The van der Waals surface area contributed by atoms with Gasteiger partial charge in [0.05, 0.1) is 0 Å². The summed E-state index contributed by atoms with van der Waals surface area (Å²) in [7, 11) is 0. The largest absolute Gasteiger partial charge is 0.347 e. The molecule has 0 unspecified atom stereocenters. The molecule has 0 spiro atoms. The number of carbonyl (C=O) groups excluding carboxylic acids is 1. The Kier molecular flexibility index (Phi) is 4.30. The third-order valence-electron chi connectivity index (χ3n) is 3.33. The molecule has 3 aromatic rings. The van der Waals surface area contributed by atoms with Crippen molar-refractivity contribution in [2.45, 2.75) is 13.5 Å². The van der Waals surface area contributed by atoms with Gasteiger partial charge in [0, 0.05) is 17.5 Å². The lowest BCUT2D eigenvalue weighted by atomic mass is 10.2. The number of aromatic nitrogens is 1. The highest BCUT2D eigenvalue weighted by molar-refractivity contribution is 7.13. The molecule has 0 aliphatic rings. The van der Waals surface area contributed by atoms with Crippen molar-refractivity contribution in [3.63, 3.8) is 0 Å². The second-order valence-corrected chi connectivity index (χ2v) is 5.93. The van der Waals surface area contributed by atoms with Crippen LogP contribution < -0.4 is 5.32 Å². The predicted molar refractivity (Wildman–Crippen MR) is 89.9 cm³/mol. The van der Waals surface area contributed by atoms with Crippen molar-refractivity contribution >= 4 is 17.2 Å². The molecule has 3 rings (SSSR count). The van der Waals surface area contributed by atoms with E-state index in [9.17, 15) is 4.79 Å². The minimum absolute atomic E-state index is 0.140. The van der Waals surface area contributed by atoms with Gasteiger partial charge in [0.2, 0.25) is 0 Å². The van der Waals surface area contributed by atoms with Crippen LogP contribution in [0.5, 0.6) is 0 Å². The van der Waals surface area contributed by atoms with E-state index in [1.165, 1.54) is 16.9 Å². The number of thiazole rings is 1. The second-order valence-electron chi connectivity index (χ2n) is 5.07. The molecule has 22 heavy (non-hydrogen) atoms. The SMILES string of the molecule is Cc1ccc(-c2nc(C(=O)NCc3ccccc3)cs2)cc1. The Hall–Kier alpha value is -2.46. The number of rotatable bonds is 4. The van der Waals surface area contributed by atoms with E-state index in [4.69, 9.17) is 0 Å². The average Bonchev–Trinajstić information content (AvgIpc) is 3.04. The van der Waals surface area contributed by atoms with Gasteiger partial charge in [-0.15, -0.1) is 11.3 Å². The van der Waals surface area contributed by atoms with E-state index in [1.54, 1.807) is 5.38 Å². The molecule has 0 bridgehead atoms.